The molecule has 52 heavy (non-hydrogen) atoms. The lowest BCUT2D eigenvalue weighted by Crippen LogP contribution is -2.51. The summed E-state index contributed by atoms with van der Waals surface area (Å²) in [5.74, 6) is 0.693. The van der Waals surface area contributed by atoms with Gasteiger partial charge >= 0.3 is 6.97 Å². The fourth-order valence-electron chi connectivity index (χ4n) is 7.13. The molecule has 0 atom stereocenters. The topological polar surface area (TPSA) is 43.0 Å². The molecule has 2 aliphatic rings. The van der Waals surface area contributed by atoms with Gasteiger partial charge in [-0.1, -0.05) is 18.2 Å². The Bertz CT molecular complexity index is 2510. The van der Waals surface area contributed by atoms with E-state index >= 15 is 8.63 Å². The van der Waals surface area contributed by atoms with Crippen LogP contribution in [0.4, 0.5) is 8.63 Å². The monoisotopic (exact) mass is 948 g/mol. The third kappa shape index (κ3) is 6.06. The van der Waals surface area contributed by atoms with Gasteiger partial charge in [0.1, 0.15) is 5.75 Å². The van der Waals surface area contributed by atoms with Crippen molar-refractivity contribution in [3.63, 3.8) is 0 Å². The lowest BCUT2D eigenvalue weighted by atomic mass is 9.83. The Morgan fingerprint density at radius 3 is 1.87 bits per heavy atom. The van der Waals surface area contributed by atoms with E-state index < -0.39 is 6.97 Å². The summed E-state index contributed by atoms with van der Waals surface area (Å²) in [6, 6.07) is 23.4. The van der Waals surface area contributed by atoms with E-state index in [9.17, 15) is 0 Å². The Morgan fingerprint density at radius 1 is 0.731 bits per heavy atom. The number of fused-ring (bicyclic) bond motifs is 2. The molecule has 5 nitrogen and oxygen atoms in total. The van der Waals surface area contributed by atoms with Crippen molar-refractivity contribution in [1.29, 1.82) is 0 Å². The van der Waals surface area contributed by atoms with Crippen LogP contribution in [0.3, 0.4) is 0 Å². The van der Waals surface area contributed by atoms with Gasteiger partial charge in [0.25, 0.3) is 0 Å². The predicted octanol–water partition coefficient (Wildman–Crippen LogP) is 11.4. The Balaban J connectivity index is 1.51. The van der Waals surface area contributed by atoms with Crippen molar-refractivity contribution in [2.24, 2.45) is 0 Å². The van der Waals surface area contributed by atoms with Gasteiger partial charge in [-0.05, 0) is 154 Å². The first-order valence-electron chi connectivity index (χ1n) is 16.4. The molecule has 0 spiro atoms. The number of allylic oxidation sites excluding steroid dienone is 3. The van der Waals surface area contributed by atoms with E-state index in [4.69, 9.17) is 4.74 Å². The average Bonchev–Trinajstić information content (AvgIpc) is 3.92. The summed E-state index contributed by atoms with van der Waals surface area (Å²) >= 11 is 7.79. The van der Waals surface area contributed by atoms with Crippen LogP contribution in [0, 0.1) is 12.7 Å². The van der Waals surface area contributed by atoms with Gasteiger partial charge < -0.3 is 22.3 Å². The molecule has 0 aliphatic carbocycles. The Hall–Kier alpha value is -3.99. The van der Waals surface area contributed by atoms with E-state index in [-0.39, 0.29) is 0 Å². The Morgan fingerprint density at radius 2 is 1.31 bits per heavy atom. The standard InChI is InChI=1S/C40H29BF2I2N4OS2/c1-24-36(32-12-14-34(44)51-32)30(10-4-26-16-20-46-21-17-26)48-39(24)38(28-6-8-29(50-3)9-7-28)40-25(2)37(33-13-15-35(45)52-33)31(49(40)41(48,42)43)11-5-27-18-22-47-23-19-27/h4-23H,1-3H3/b10-4+,11-5+. The van der Waals surface area contributed by atoms with Crippen molar-refractivity contribution in [2.75, 3.05) is 7.11 Å². The van der Waals surface area contributed by atoms with Crippen LogP contribution in [0.1, 0.15) is 45.4 Å². The highest BCUT2D eigenvalue weighted by molar-refractivity contribution is 14.1. The fourth-order valence-corrected chi connectivity index (χ4v) is 10.6. The predicted molar refractivity (Wildman–Crippen MR) is 229 cm³/mol. The second kappa shape index (κ2) is 14.1. The SMILES string of the molecule is COc1ccc(C2=C3C(C)=C(c4ccc(I)s4)C(/C=C/c4ccncc4)=[N+]3[B-](F)(F)n3c(/C=C/c4ccncc4)c(-c4ccc(I)s4)c(C)c32)cc1. The summed E-state index contributed by atoms with van der Waals surface area (Å²) < 4.78 is 46.9. The van der Waals surface area contributed by atoms with Gasteiger partial charge in [-0.3, -0.25) is 9.97 Å². The highest BCUT2D eigenvalue weighted by Gasteiger charge is 2.58. The third-order valence-electron chi connectivity index (χ3n) is 9.37. The maximum Gasteiger partial charge on any atom is 0.737 e. The minimum absolute atomic E-state index is 0.451. The molecule has 0 amide bonds. The molecule has 0 radical (unpaired) electrons. The van der Waals surface area contributed by atoms with Crippen molar-refractivity contribution in [1.82, 2.24) is 14.4 Å². The number of pyridine rings is 2. The molecular formula is C40H29BF2I2N4OS2. The molecule has 2 aliphatic heterocycles. The lowest BCUT2D eigenvalue weighted by Gasteiger charge is -2.34. The van der Waals surface area contributed by atoms with E-state index in [2.05, 4.69) is 55.1 Å². The summed E-state index contributed by atoms with van der Waals surface area (Å²) in [7, 11) is 1.63. The maximum atomic E-state index is 18.3. The van der Waals surface area contributed by atoms with Crippen LogP contribution in [0.5, 0.6) is 5.75 Å². The molecule has 7 heterocycles. The number of benzene rings is 1. The van der Waals surface area contributed by atoms with Gasteiger partial charge in [0, 0.05) is 63.1 Å². The summed E-state index contributed by atoms with van der Waals surface area (Å²) in [6.07, 6.45) is 14.3. The van der Waals surface area contributed by atoms with Crippen molar-refractivity contribution in [3.05, 3.63) is 159 Å². The zero-order chi connectivity index (χ0) is 36.1. The number of methoxy groups -OCH3 is 1. The smallest absolute Gasteiger partial charge is 0.497 e. The average molecular weight is 948 g/mol. The van der Waals surface area contributed by atoms with Crippen LogP contribution in [0.15, 0.2) is 115 Å². The van der Waals surface area contributed by atoms with Crippen LogP contribution in [0.2, 0.25) is 0 Å². The van der Waals surface area contributed by atoms with E-state index in [1.165, 1.54) is 8.96 Å². The summed E-state index contributed by atoms with van der Waals surface area (Å²) in [5.41, 5.74) is 8.42. The molecular weight excluding hydrogens is 919 g/mol. The fraction of sp³-hybridized carbons (Fsp3) is 0.0750. The summed E-state index contributed by atoms with van der Waals surface area (Å²) in [4.78, 5) is 10.2. The molecule has 258 valence electrons. The zero-order valence-corrected chi connectivity index (χ0v) is 34.1. The van der Waals surface area contributed by atoms with E-state index in [1.54, 1.807) is 54.6 Å². The number of hydrogen-bond acceptors (Lipinski definition) is 5. The maximum absolute atomic E-state index is 18.3. The molecule has 0 N–H and O–H groups in total. The third-order valence-corrected chi connectivity index (χ3v) is 13.2. The molecule has 0 fully saturated rings. The van der Waals surface area contributed by atoms with Gasteiger partial charge in [0.05, 0.1) is 24.0 Å². The van der Waals surface area contributed by atoms with Crippen LogP contribution >= 0.6 is 67.9 Å². The van der Waals surface area contributed by atoms with Crippen LogP contribution < -0.4 is 4.74 Å². The lowest BCUT2D eigenvalue weighted by molar-refractivity contribution is -0.361. The zero-order valence-electron chi connectivity index (χ0n) is 28.1. The van der Waals surface area contributed by atoms with Crippen LogP contribution in [0.25, 0.3) is 39.8 Å². The first-order chi connectivity index (χ1) is 25.2. The number of rotatable bonds is 8. The molecule has 0 bridgehead atoms. The number of thiophene rings is 2. The highest BCUT2D eigenvalue weighted by atomic mass is 127. The molecule has 0 saturated carbocycles. The summed E-state index contributed by atoms with van der Waals surface area (Å²) in [5, 5.41) is 0. The van der Waals surface area contributed by atoms with Gasteiger partial charge in [-0.15, -0.1) is 22.7 Å². The first kappa shape index (κ1) is 35.1. The van der Waals surface area contributed by atoms with Crippen LogP contribution in [-0.2, 0) is 0 Å². The van der Waals surface area contributed by atoms with Gasteiger partial charge in [0.2, 0.25) is 0 Å². The Labute approximate surface area is 335 Å². The largest absolute Gasteiger partial charge is 0.737 e. The number of halogens is 4. The molecule has 5 aromatic heterocycles. The molecule has 0 saturated heterocycles. The van der Waals surface area contributed by atoms with Crippen LogP contribution in [-0.4, -0.2) is 38.7 Å². The number of aromatic nitrogens is 3. The normalized spacial score (nSPS) is 15.4. The van der Waals surface area contributed by atoms with E-state index in [1.807, 2.05) is 111 Å². The van der Waals surface area contributed by atoms with Gasteiger partial charge in [0.15, 0.2) is 11.4 Å². The molecule has 0 unspecified atom stereocenters. The number of ether oxygens (including phenoxy) is 1. The minimum Gasteiger partial charge on any atom is -0.497 e. The molecule has 1 aromatic carbocycles. The van der Waals surface area contributed by atoms with Crippen molar-refractivity contribution in [3.8, 4) is 16.2 Å². The summed E-state index contributed by atoms with van der Waals surface area (Å²) in [6.45, 7) is -0.493. The first-order valence-corrected chi connectivity index (χ1v) is 20.2. The molecule has 12 heteroatoms. The van der Waals surface area contributed by atoms with Gasteiger partial charge in [-0.2, -0.15) is 0 Å². The van der Waals surface area contributed by atoms with Crippen molar-refractivity contribution in [2.45, 2.75) is 13.8 Å². The number of hydrogen-bond donors (Lipinski definition) is 0. The van der Waals surface area contributed by atoms with Crippen molar-refractivity contribution >= 4 is 110 Å². The molecule has 8 rings (SSSR count). The van der Waals surface area contributed by atoms with Gasteiger partial charge in [-0.25, -0.2) is 0 Å². The quantitative estimate of drug-likeness (QED) is 0.113. The minimum atomic E-state index is -4.45. The van der Waals surface area contributed by atoms with E-state index in [0.717, 1.165) is 60.1 Å². The Kier molecular flexibility index (Phi) is 9.51. The second-order valence-electron chi connectivity index (χ2n) is 12.3. The number of nitrogens with zero attached hydrogens (tertiary/aromatic N) is 4. The highest BCUT2D eigenvalue weighted by Crippen LogP contribution is 2.51. The molecule has 6 aromatic rings. The second-order valence-corrected chi connectivity index (χ2v) is 18.3. The van der Waals surface area contributed by atoms with E-state index in [0.29, 0.717) is 28.5 Å². The van der Waals surface area contributed by atoms with Crippen molar-refractivity contribution < 1.29 is 17.9 Å².